The Labute approximate surface area is 137 Å². The number of carbonyl (C=O) groups excluding carboxylic acids is 2. The van der Waals surface area contributed by atoms with Crippen molar-refractivity contribution >= 4 is 17.8 Å². The minimum atomic E-state index is -0.577. The van der Waals surface area contributed by atoms with Gasteiger partial charge in [-0.3, -0.25) is 14.9 Å². The van der Waals surface area contributed by atoms with Crippen LogP contribution >= 0.6 is 0 Å². The van der Waals surface area contributed by atoms with E-state index in [0.717, 1.165) is 30.8 Å². The van der Waals surface area contributed by atoms with E-state index in [1.54, 1.807) is 4.90 Å². The van der Waals surface area contributed by atoms with Crippen molar-refractivity contribution in [2.75, 3.05) is 18.4 Å². The average molecular weight is 326 g/mol. The zero-order chi connectivity index (χ0) is 16.7. The van der Waals surface area contributed by atoms with E-state index in [1.165, 1.54) is 0 Å². The lowest BCUT2D eigenvalue weighted by molar-refractivity contribution is -0.117. The van der Waals surface area contributed by atoms with Gasteiger partial charge in [-0.1, -0.05) is 18.2 Å². The lowest BCUT2D eigenvalue weighted by atomic mass is 9.86. The molecule has 1 saturated carbocycles. The normalized spacial score (nSPS) is 17.5. The molecule has 2 aliphatic rings. The molecule has 0 saturated heterocycles. The molecule has 24 heavy (non-hydrogen) atoms. The van der Waals surface area contributed by atoms with Crippen molar-refractivity contribution in [1.82, 2.24) is 14.9 Å². The van der Waals surface area contributed by atoms with E-state index in [0.29, 0.717) is 12.1 Å². The standard InChI is InChI=1S/C17H15FN4O2/c18-11-7-19-16(20-8-11)21-14(23)9-22-10-17(5-6-17)13-4-2-1-3-12(13)15(22)24/h1-4,7-8H,5-6,9-10H2,(H,19,20,21,23). The summed E-state index contributed by atoms with van der Waals surface area (Å²) in [5.74, 6) is -1.10. The molecule has 0 unspecified atom stereocenters. The summed E-state index contributed by atoms with van der Waals surface area (Å²) >= 11 is 0. The first-order chi connectivity index (χ1) is 11.6. The molecular formula is C17H15FN4O2. The van der Waals surface area contributed by atoms with E-state index in [9.17, 15) is 14.0 Å². The zero-order valence-corrected chi connectivity index (χ0v) is 12.8. The highest BCUT2D eigenvalue weighted by molar-refractivity contribution is 6.01. The highest BCUT2D eigenvalue weighted by Gasteiger charge is 2.51. The maximum absolute atomic E-state index is 12.8. The van der Waals surface area contributed by atoms with Gasteiger partial charge in [0.2, 0.25) is 11.9 Å². The average Bonchev–Trinajstić information content (AvgIpc) is 3.35. The van der Waals surface area contributed by atoms with Crippen LogP contribution in [0.4, 0.5) is 10.3 Å². The highest BCUT2D eigenvalue weighted by atomic mass is 19.1. The summed E-state index contributed by atoms with van der Waals surface area (Å²) in [7, 11) is 0. The van der Waals surface area contributed by atoms with Gasteiger partial charge < -0.3 is 4.90 Å². The van der Waals surface area contributed by atoms with E-state index < -0.39 is 11.7 Å². The van der Waals surface area contributed by atoms with Crippen LogP contribution in [0.25, 0.3) is 0 Å². The smallest absolute Gasteiger partial charge is 0.254 e. The largest absolute Gasteiger partial charge is 0.328 e. The lowest BCUT2D eigenvalue weighted by Gasteiger charge is -2.34. The molecule has 1 N–H and O–H groups in total. The van der Waals surface area contributed by atoms with Crippen molar-refractivity contribution in [2.24, 2.45) is 0 Å². The maximum Gasteiger partial charge on any atom is 0.254 e. The second-order valence-electron chi connectivity index (χ2n) is 6.26. The van der Waals surface area contributed by atoms with Gasteiger partial charge in [0.05, 0.1) is 12.4 Å². The molecule has 1 spiro atoms. The van der Waals surface area contributed by atoms with Crippen LogP contribution in [0.2, 0.25) is 0 Å². The Morgan fingerprint density at radius 1 is 1.25 bits per heavy atom. The van der Waals surface area contributed by atoms with Gasteiger partial charge in [0.1, 0.15) is 6.54 Å². The quantitative estimate of drug-likeness (QED) is 0.932. The minimum Gasteiger partial charge on any atom is -0.328 e. The van der Waals surface area contributed by atoms with Crippen LogP contribution in [0.5, 0.6) is 0 Å². The van der Waals surface area contributed by atoms with Crippen molar-refractivity contribution in [2.45, 2.75) is 18.3 Å². The number of carbonyl (C=O) groups is 2. The molecule has 0 atom stereocenters. The third-order valence-electron chi connectivity index (χ3n) is 4.57. The number of aromatic nitrogens is 2. The SMILES string of the molecule is O=C(CN1CC2(CC2)c2ccccc2C1=O)Nc1ncc(F)cn1. The molecule has 1 aromatic carbocycles. The van der Waals surface area contributed by atoms with Crippen LogP contribution in [0, 0.1) is 5.82 Å². The molecule has 0 bridgehead atoms. The van der Waals surface area contributed by atoms with E-state index >= 15 is 0 Å². The van der Waals surface area contributed by atoms with E-state index in [-0.39, 0.29) is 23.8 Å². The first-order valence-electron chi connectivity index (χ1n) is 7.74. The van der Waals surface area contributed by atoms with Gasteiger partial charge in [-0.25, -0.2) is 14.4 Å². The minimum absolute atomic E-state index is 0.00282. The molecule has 2 aromatic rings. The summed E-state index contributed by atoms with van der Waals surface area (Å²) in [4.78, 5) is 33.7. The predicted octanol–water partition coefficient (Wildman–Crippen LogP) is 1.74. The number of anilines is 1. The first kappa shape index (κ1) is 14.7. The molecule has 4 rings (SSSR count). The van der Waals surface area contributed by atoms with Gasteiger partial charge in [-0.15, -0.1) is 0 Å². The Hall–Kier alpha value is -2.83. The fraction of sp³-hybridized carbons (Fsp3) is 0.294. The van der Waals surface area contributed by atoms with E-state index in [4.69, 9.17) is 0 Å². The molecule has 1 aliphatic heterocycles. The van der Waals surface area contributed by atoms with Gasteiger partial charge in [0.15, 0.2) is 5.82 Å². The van der Waals surface area contributed by atoms with Crippen molar-refractivity contribution in [1.29, 1.82) is 0 Å². The van der Waals surface area contributed by atoms with Crippen LogP contribution < -0.4 is 5.32 Å². The summed E-state index contributed by atoms with van der Waals surface area (Å²) in [5.41, 5.74) is 1.76. The summed E-state index contributed by atoms with van der Waals surface area (Å²) in [6.07, 6.45) is 4.00. The number of rotatable bonds is 3. The number of hydrogen-bond acceptors (Lipinski definition) is 4. The van der Waals surface area contributed by atoms with Crippen LogP contribution in [-0.4, -0.2) is 39.8 Å². The Bertz CT molecular complexity index is 818. The highest BCUT2D eigenvalue weighted by Crippen LogP contribution is 2.52. The van der Waals surface area contributed by atoms with Crippen LogP contribution in [0.3, 0.4) is 0 Å². The molecule has 0 radical (unpaired) electrons. The Kier molecular flexibility index (Phi) is 3.30. The van der Waals surface area contributed by atoms with Crippen LogP contribution in [0.1, 0.15) is 28.8 Å². The molecule has 122 valence electrons. The molecule has 1 fully saturated rings. The number of halogens is 1. The topological polar surface area (TPSA) is 75.2 Å². The van der Waals surface area contributed by atoms with Gasteiger partial charge in [-0.2, -0.15) is 0 Å². The second-order valence-corrected chi connectivity index (χ2v) is 6.26. The molecule has 1 aliphatic carbocycles. The summed E-state index contributed by atoms with van der Waals surface area (Å²) in [6.45, 7) is 0.468. The Balaban J connectivity index is 1.50. The molecule has 2 amide bonds. The van der Waals surface area contributed by atoms with E-state index in [2.05, 4.69) is 15.3 Å². The Morgan fingerprint density at radius 3 is 2.67 bits per heavy atom. The van der Waals surface area contributed by atoms with Gasteiger partial charge in [0, 0.05) is 17.5 Å². The summed E-state index contributed by atoms with van der Waals surface area (Å²) in [6, 6.07) is 7.60. The molecule has 6 nitrogen and oxygen atoms in total. The zero-order valence-electron chi connectivity index (χ0n) is 12.8. The Morgan fingerprint density at radius 2 is 1.96 bits per heavy atom. The molecular weight excluding hydrogens is 311 g/mol. The van der Waals surface area contributed by atoms with Crippen molar-refractivity contribution < 1.29 is 14.0 Å². The van der Waals surface area contributed by atoms with Gasteiger partial charge >= 0.3 is 0 Å². The van der Waals surface area contributed by atoms with Crippen LogP contribution in [0.15, 0.2) is 36.7 Å². The first-order valence-corrected chi connectivity index (χ1v) is 7.74. The summed E-state index contributed by atoms with van der Waals surface area (Å²) in [5, 5.41) is 2.49. The fourth-order valence-corrected chi connectivity index (χ4v) is 3.25. The third kappa shape index (κ3) is 2.51. The lowest BCUT2D eigenvalue weighted by Crippen LogP contribution is -2.46. The summed E-state index contributed by atoms with van der Waals surface area (Å²) < 4.78 is 12.8. The molecule has 7 heteroatoms. The van der Waals surface area contributed by atoms with E-state index in [1.807, 2.05) is 24.3 Å². The monoisotopic (exact) mass is 326 g/mol. The van der Waals surface area contributed by atoms with Crippen LogP contribution in [-0.2, 0) is 10.2 Å². The maximum atomic E-state index is 12.8. The third-order valence-corrected chi connectivity index (χ3v) is 4.57. The van der Waals surface area contributed by atoms with Crippen molar-refractivity contribution in [3.05, 3.63) is 53.6 Å². The second kappa shape index (κ2) is 5.36. The molecule has 1 aromatic heterocycles. The van der Waals surface area contributed by atoms with Gasteiger partial charge in [-0.05, 0) is 24.5 Å². The predicted molar refractivity (Wildman–Crippen MR) is 83.9 cm³/mol. The fourth-order valence-electron chi connectivity index (χ4n) is 3.25. The number of hydrogen-bond donors (Lipinski definition) is 1. The number of fused-ring (bicyclic) bond motifs is 2. The van der Waals surface area contributed by atoms with Crippen molar-refractivity contribution in [3.63, 3.8) is 0 Å². The van der Waals surface area contributed by atoms with Crippen molar-refractivity contribution in [3.8, 4) is 0 Å². The number of amides is 2. The van der Waals surface area contributed by atoms with Gasteiger partial charge in [0.25, 0.3) is 5.91 Å². The number of benzene rings is 1. The number of nitrogens with zero attached hydrogens (tertiary/aromatic N) is 3. The molecule has 2 heterocycles. The number of nitrogens with one attached hydrogen (secondary N) is 1.